The molecule has 0 bridgehead atoms. The minimum atomic E-state index is -0.820. The van der Waals surface area contributed by atoms with E-state index in [1.165, 1.54) is 0 Å². The molecule has 0 aliphatic carbocycles. The van der Waals surface area contributed by atoms with Crippen LogP contribution in [0.3, 0.4) is 0 Å². The number of methoxy groups -OCH3 is 1. The van der Waals surface area contributed by atoms with E-state index >= 15 is 0 Å². The first-order valence-electron chi connectivity index (χ1n) is 11.4. The fourth-order valence-corrected chi connectivity index (χ4v) is 5.32. The highest BCUT2D eigenvalue weighted by molar-refractivity contribution is 6.07. The molecule has 2 aromatic carbocycles. The molecule has 7 nitrogen and oxygen atoms in total. The third-order valence-corrected chi connectivity index (χ3v) is 7.20. The van der Waals surface area contributed by atoms with Crippen LogP contribution in [0.4, 0.5) is 4.79 Å². The molecule has 1 unspecified atom stereocenters. The number of ether oxygens (including phenoxy) is 1. The highest BCUT2D eigenvalue weighted by Gasteiger charge is 2.48. The van der Waals surface area contributed by atoms with Gasteiger partial charge < -0.3 is 14.5 Å². The zero-order chi connectivity index (χ0) is 23.2. The molecule has 172 valence electrons. The van der Waals surface area contributed by atoms with Crippen LogP contribution in [0.1, 0.15) is 31.1 Å². The molecule has 3 amide bonds. The van der Waals surface area contributed by atoms with Gasteiger partial charge in [-0.2, -0.15) is 0 Å². The number of likely N-dealkylation sites (tertiary alicyclic amines) is 1. The molecule has 1 aromatic heterocycles. The van der Waals surface area contributed by atoms with Gasteiger partial charge in [0.05, 0.1) is 7.11 Å². The van der Waals surface area contributed by atoms with E-state index in [1.54, 1.807) is 7.11 Å². The Morgan fingerprint density at radius 2 is 1.88 bits per heavy atom. The Bertz CT molecular complexity index is 1210. The maximum absolute atomic E-state index is 12.3. The van der Waals surface area contributed by atoms with E-state index < -0.39 is 11.6 Å². The van der Waals surface area contributed by atoms with Gasteiger partial charge in [0, 0.05) is 23.1 Å². The Hall–Kier alpha value is -3.32. The standard InChI is InChI=1S/C26H29N3O4/c1-16-23(17-7-5-4-6-8-17)20-14-21(32-3)18(13-22(20)33-16)15-29-11-9-19(10-12-29)26(2)24(30)27-25(31)28-26/h4-8,13-14,19H,9-12,15H2,1-3H3,(H2,27,28,30,31). The van der Waals surface area contributed by atoms with Gasteiger partial charge in [-0.15, -0.1) is 0 Å². The van der Waals surface area contributed by atoms with Crippen LogP contribution in [0.5, 0.6) is 5.75 Å². The predicted octanol–water partition coefficient (Wildman–Crippen LogP) is 4.23. The molecule has 0 radical (unpaired) electrons. The number of furan rings is 1. The molecule has 7 heteroatoms. The predicted molar refractivity (Wildman–Crippen MR) is 126 cm³/mol. The molecule has 0 saturated carbocycles. The van der Waals surface area contributed by atoms with Gasteiger partial charge in [0.1, 0.15) is 22.6 Å². The van der Waals surface area contributed by atoms with Crippen LogP contribution < -0.4 is 15.4 Å². The number of fused-ring (bicyclic) bond motifs is 1. The summed E-state index contributed by atoms with van der Waals surface area (Å²) in [5, 5.41) is 6.25. The van der Waals surface area contributed by atoms with Gasteiger partial charge in [-0.25, -0.2) is 4.79 Å². The first-order valence-corrected chi connectivity index (χ1v) is 11.4. The fraction of sp³-hybridized carbons (Fsp3) is 0.385. The molecular weight excluding hydrogens is 418 g/mol. The average molecular weight is 448 g/mol. The van der Waals surface area contributed by atoms with E-state index in [0.29, 0.717) is 0 Å². The number of carbonyl (C=O) groups is 2. The summed E-state index contributed by atoms with van der Waals surface area (Å²) in [4.78, 5) is 26.3. The van der Waals surface area contributed by atoms with E-state index in [4.69, 9.17) is 9.15 Å². The number of imide groups is 1. The number of benzene rings is 2. The number of urea groups is 1. The summed E-state index contributed by atoms with van der Waals surface area (Å²) in [6, 6.07) is 14.0. The molecule has 3 aromatic rings. The second-order valence-corrected chi connectivity index (χ2v) is 9.22. The number of piperidine rings is 1. The van der Waals surface area contributed by atoms with Crippen molar-refractivity contribution in [3.05, 3.63) is 53.8 Å². The summed E-state index contributed by atoms with van der Waals surface area (Å²) < 4.78 is 11.9. The molecule has 2 N–H and O–H groups in total. The first-order chi connectivity index (χ1) is 15.9. The van der Waals surface area contributed by atoms with E-state index in [9.17, 15) is 9.59 Å². The van der Waals surface area contributed by atoms with Gasteiger partial charge in [-0.1, -0.05) is 30.3 Å². The minimum Gasteiger partial charge on any atom is -0.496 e. The molecule has 2 fully saturated rings. The van der Waals surface area contributed by atoms with Gasteiger partial charge in [-0.3, -0.25) is 15.0 Å². The maximum Gasteiger partial charge on any atom is 0.322 e. The number of aryl methyl sites for hydroxylation is 1. The van der Waals surface area contributed by atoms with Crippen molar-refractivity contribution in [1.29, 1.82) is 0 Å². The van der Waals surface area contributed by atoms with E-state index in [-0.39, 0.29) is 11.8 Å². The topological polar surface area (TPSA) is 83.8 Å². The molecule has 2 aliphatic rings. The quantitative estimate of drug-likeness (QED) is 0.572. The van der Waals surface area contributed by atoms with Crippen molar-refractivity contribution in [2.75, 3.05) is 20.2 Å². The molecule has 5 rings (SSSR count). The van der Waals surface area contributed by atoms with Gasteiger partial charge in [0.15, 0.2) is 0 Å². The minimum absolute atomic E-state index is 0.116. The highest BCUT2D eigenvalue weighted by atomic mass is 16.5. The van der Waals surface area contributed by atoms with Crippen LogP contribution in [0.15, 0.2) is 46.9 Å². The summed E-state index contributed by atoms with van der Waals surface area (Å²) in [5.74, 6) is 1.63. The molecular formula is C26H29N3O4. The van der Waals surface area contributed by atoms with Crippen molar-refractivity contribution in [3.63, 3.8) is 0 Å². The molecule has 0 spiro atoms. The monoisotopic (exact) mass is 447 g/mol. The van der Waals surface area contributed by atoms with Crippen LogP contribution in [0.2, 0.25) is 0 Å². The van der Waals surface area contributed by atoms with Crippen molar-refractivity contribution in [2.45, 2.75) is 38.8 Å². The third kappa shape index (κ3) is 3.76. The van der Waals surface area contributed by atoms with Crippen LogP contribution in [-0.4, -0.2) is 42.6 Å². The number of carbonyl (C=O) groups excluding carboxylic acids is 2. The lowest BCUT2D eigenvalue weighted by Gasteiger charge is -2.38. The number of amides is 3. The van der Waals surface area contributed by atoms with Crippen LogP contribution in [0.25, 0.3) is 22.1 Å². The van der Waals surface area contributed by atoms with Crippen LogP contribution >= 0.6 is 0 Å². The largest absolute Gasteiger partial charge is 0.496 e. The van der Waals surface area contributed by atoms with Gasteiger partial charge >= 0.3 is 6.03 Å². The maximum atomic E-state index is 12.3. The Morgan fingerprint density at radius 3 is 2.52 bits per heavy atom. The summed E-state index contributed by atoms with van der Waals surface area (Å²) in [6.45, 7) is 6.25. The molecule has 2 aliphatic heterocycles. The lowest BCUT2D eigenvalue weighted by Crippen LogP contribution is -2.53. The fourth-order valence-electron chi connectivity index (χ4n) is 5.32. The van der Waals surface area contributed by atoms with Crippen molar-refractivity contribution < 1.29 is 18.7 Å². The number of nitrogens with one attached hydrogen (secondary N) is 2. The summed E-state index contributed by atoms with van der Waals surface area (Å²) in [7, 11) is 1.70. The van der Waals surface area contributed by atoms with E-state index in [1.807, 2.05) is 32.0 Å². The summed E-state index contributed by atoms with van der Waals surface area (Å²) in [6.07, 6.45) is 1.68. The van der Waals surface area contributed by atoms with Gasteiger partial charge in [-0.05, 0) is 63.4 Å². The average Bonchev–Trinajstić information content (AvgIpc) is 3.27. The lowest BCUT2D eigenvalue weighted by atomic mass is 9.79. The zero-order valence-electron chi connectivity index (χ0n) is 19.2. The van der Waals surface area contributed by atoms with Crippen molar-refractivity contribution in [3.8, 4) is 16.9 Å². The second kappa shape index (κ2) is 8.23. The normalized spacial score (nSPS) is 21.9. The molecule has 2 saturated heterocycles. The summed E-state index contributed by atoms with van der Waals surface area (Å²) in [5.41, 5.74) is 3.34. The Balaban J connectivity index is 1.36. The number of hydrogen-bond acceptors (Lipinski definition) is 5. The van der Waals surface area contributed by atoms with Gasteiger partial charge in [0.25, 0.3) is 5.91 Å². The van der Waals surface area contributed by atoms with Crippen LogP contribution in [-0.2, 0) is 11.3 Å². The molecule has 33 heavy (non-hydrogen) atoms. The van der Waals surface area contributed by atoms with Gasteiger partial charge in [0.2, 0.25) is 0 Å². The smallest absolute Gasteiger partial charge is 0.322 e. The first kappa shape index (κ1) is 21.5. The lowest BCUT2D eigenvalue weighted by molar-refractivity contribution is -0.125. The Labute approximate surface area is 193 Å². The van der Waals surface area contributed by atoms with Crippen molar-refractivity contribution in [1.82, 2.24) is 15.5 Å². The number of hydrogen-bond donors (Lipinski definition) is 2. The number of nitrogens with zero attached hydrogens (tertiary/aromatic N) is 1. The highest BCUT2D eigenvalue weighted by Crippen LogP contribution is 2.39. The molecule has 1 atom stereocenters. The van der Waals surface area contributed by atoms with Crippen molar-refractivity contribution in [2.24, 2.45) is 5.92 Å². The Morgan fingerprint density at radius 1 is 1.15 bits per heavy atom. The SMILES string of the molecule is COc1cc2c(-c3ccccc3)c(C)oc2cc1CN1CCC(C2(C)NC(=O)NC2=O)CC1. The van der Waals surface area contributed by atoms with E-state index in [2.05, 4.69) is 39.8 Å². The Kier molecular flexibility index (Phi) is 5.37. The summed E-state index contributed by atoms with van der Waals surface area (Å²) >= 11 is 0. The molecule has 3 heterocycles. The second-order valence-electron chi connectivity index (χ2n) is 9.22. The van der Waals surface area contributed by atoms with E-state index in [0.717, 1.165) is 71.6 Å². The van der Waals surface area contributed by atoms with Crippen LogP contribution in [0, 0.1) is 12.8 Å². The third-order valence-electron chi connectivity index (χ3n) is 7.20. The number of rotatable bonds is 5. The zero-order valence-corrected chi connectivity index (χ0v) is 19.2. The van der Waals surface area contributed by atoms with Crippen molar-refractivity contribution >= 4 is 22.9 Å².